The highest BCUT2D eigenvalue weighted by molar-refractivity contribution is 7.80. The minimum Gasteiger partial charge on any atom is -0.495 e. The molecule has 0 spiro atoms. The summed E-state index contributed by atoms with van der Waals surface area (Å²) in [5, 5.41) is 6.19. The van der Waals surface area contributed by atoms with Gasteiger partial charge in [0.05, 0.1) is 12.1 Å². The Bertz CT molecular complexity index is 1310. The van der Waals surface area contributed by atoms with Gasteiger partial charge in [0.2, 0.25) is 0 Å². The average molecular weight is 480 g/mol. The van der Waals surface area contributed by atoms with Gasteiger partial charge in [-0.05, 0) is 85.2 Å². The summed E-state index contributed by atoms with van der Waals surface area (Å²) in [6.45, 7) is 4.12. The number of thiocarbonyl (C=S) groups is 1. The number of halogens is 1. The second-order valence-corrected chi connectivity index (χ2v) is 8.46. The zero-order valence-corrected chi connectivity index (χ0v) is 19.9. The first kappa shape index (κ1) is 22.8. The molecule has 3 aromatic carbocycles. The van der Waals surface area contributed by atoms with Crippen molar-refractivity contribution >= 4 is 51.6 Å². The number of carbonyl (C=O) groups excluding carboxylic acids is 1. The molecule has 8 heteroatoms. The van der Waals surface area contributed by atoms with Crippen molar-refractivity contribution in [3.63, 3.8) is 0 Å². The number of hydrogen-bond acceptors (Lipinski definition) is 5. The van der Waals surface area contributed by atoms with Gasteiger partial charge in [0.25, 0.3) is 5.91 Å². The number of aryl methyl sites for hydroxylation is 2. The zero-order chi connectivity index (χ0) is 23.5. The summed E-state index contributed by atoms with van der Waals surface area (Å²) in [7, 11) is 1.51. The number of ether oxygens (including phenoxy) is 1. The van der Waals surface area contributed by atoms with Crippen molar-refractivity contribution in [1.82, 2.24) is 10.3 Å². The Kier molecular flexibility index (Phi) is 6.62. The lowest BCUT2D eigenvalue weighted by Gasteiger charge is -2.11. The van der Waals surface area contributed by atoms with Crippen LogP contribution in [0, 0.1) is 13.8 Å². The van der Waals surface area contributed by atoms with Gasteiger partial charge in [-0.15, -0.1) is 0 Å². The fourth-order valence-electron chi connectivity index (χ4n) is 3.33. The lowest BCUT2D eigenvalue weighted by Crippen LogP contribution is -2.34. The van der Waals surface area contributed by atoms with Crippen LogP contribution in [0.25, 0.3) is 11.1 Å². The zero-order valence-electron chi connectivity index (χ0n) is 18.4. The highest BCUT2D eigenvalue weighted by atomic mass is 35.5. The van der Waals surface area contributed by atoms with E-state index in [0.717, 1.165) is 22.4 Å². The molecular weight excluding hydrogens is 458 g/mol. The largest absolute Gasteiger partial charge is 0.495 e. The van der Waals surface area contributed by atoms with Gasteiger partial charge in [-0.1, -0.05) is 23.7 Å². The number of nitrogens with one attached hydrogen (secondary N) is 2. The van der Waals surface area contributed by atoms with Gasteiger partial charge >= 0.3 is 0 Å². The molecule has 0 aliphatic carbocycles. The van der Waals surface area contributed by atoms with E-state index in [0.29, 0.717) is 28.6 Å². The topological polar surface area (TPSA) is 76.4 Å². The Morgan fingerprint density at radius 3 is 2.52 bits per heavy atom. The second kappa shape index (κ2) is 9.60. The van der Waals surface area contributed by atoms with E-state index in [1.807, 2.05) is 36.4 Å². The van der Waals surface area contributed by atoms with Crippen molar-refractivity contribution in [3.8, 4) is 5.75 Å². The lowest BCUT2D eigenvalue weighted by atomic mass is 10.1. The molecule has 0 fully saturated rings. The standard InChI is InChI=1S/C25H22ClN3O3S/c1-14-10-20-22(11-15(14)2)32-23(28-20)12-16-4-7-18(8-5-16)27-25(33)29-24(30)17-6-9-21(31-3)19(26)13-17/h4-11,13H,12H2,1-3H3,(H2,27,29,30,33). The molecule has 0 aliphatic heterocycles. The summed E-state index contributed by atoms with van der Waals surface area (Å²) in [6.07, 6.45) is 0.576. The molecule has 0 aliphatic rings. The monoisotopic (exact) mass is 479 g/mol. The number of methoxy groups -OCH3 is 1. The molecule has 1 amide bonds. The fourth-order valence-corrected chi connectivity index (χ4v) is 3.80. The molecule has 33 heavy (non-hydrogen) atoms. The van der Waals surface area contributed by atoms with Crippen molar-refractivity contribution < 1.29 is 13.9 Å². The molecule has 2 N–H and O–H groups in total. The SMILES string of the molecule is COc1ccc(C(=O)NC(=S)Nc2ccc(Cc3nc4cc(C)c(C)cc4o3)cc2)cc1Cl. The van der Waals surface area contributed by atoms with E-state index in [-0.39, 0.29) is 11.0 Å². The van der Waals surface area contributed by atoms with E-state index in [1.165, 1.54) is 24.3 Å². The number of anilines is 1. The molecule has 0 radical (unpaired) electrons. The minimum absolute atomic E-state index is 0.185. The van der Waals surface area contributed by atoms with E-state index in [9.17, 15) is 4.79 Å². The Hall–Kier alpha value is -3.42. The number of fused-ring (bicyclic) bond motifs is 1. The summed E-state index contributed by atoms with van der Waals surface area (Å²) >= 11 is 11.3. The average Bonchev–Trinajstić information content (AvgIpc) is 3.16. The molecular formula is C25H22ClN3O3S. The summed E-state index contributed by atoms with van der Waals surface area (Å²) < 4.78 is 11.0. The van der Waals surface area contributed by atoms with Crippen LogP contribution in [0.4, 0.5) is 5.69 Å². The van der Waals surface area contributed by atoms with Gasteiger partial charge in [-0.3, -0.25) is 10.1 Å². The molecule has 0 saturated carbocycles. The maximum absolute atomic E-state index is 12.4. The Labute approximate surface area is 201 Å². The maximum atomic E-state index is 12.4. The third-order valence-corrected chi connectivity index (χ3v) is 5.76. The molecule has 6 nitrogen and oxygen atoms in total. The number of carbonyl (C=O) groups is 1. The van der Waals surface area contributed by atoms with Crippen LogP contribution in [0.2, 0.25) is 5.02 Å². The Morgan fingerprint density at radius 2 is 1.82 bits per heavy atom. The van der Waals surface area contributed by atoms with Crippen molar-refractivity contribution in [1.29, 1.82) is 0 Å². The lowest BCUT2D eigenvalue weighted by molar-refractivity contribution is 0.0977. The highest BCUT2D eigenvalue weighted by Crippen LogP contribution is 2.25. The first-order valence-corrected chi connectivity index (χ1v) is 11.0. The summed E-state index contributed by atoms with van der Waals surface area (Å²) in [5.74, 6) is 0.795. The van der Waals surface area contributed by atoms with Gasteiger partial charge in [-0.2, -0.15) is 0 Å². The van der Waals surface area contributed by atoms with Crippen LogP contribution in [0.5, 0.6) is 5.75 Å². The van der Waals surface area contributed by atoms with Crippen LogP contribution in [-0.2, 0) is 6.42 Å². The second-order valence-electron chi connectivity index (χ2n) is 7.64. The van der Waals surface area contributed by atoms with Crippen LogP contribution in [0.3, 0.4) is 0 Å². The number of rotatable bonds is 5. The van der Waals surface area contributed by atoms with Crippen LogP contribution >= 0.6 is 23.8 Å². The summed E-state index contributed by atoms with van der Waals surface area (Å²) in [5.41, 5.74) is 6.21. The van der Waals surface area contributed by atoms with Gasteiger partial charge in [-0.25, -0.2) is 4.98 Å². The molecule has 0 unspecified atom stereocenters. The van der Waals surface area contributed by atoms with Crippen molar-refractivity contribution in [3.05, 3.63) is 87.8 Å². The van der Waals surface area contributed by atoms with Crippen LogP contribution in [-0.4, -0.2) is 23.1 Å². The first-order chi connectivity index (χ1) is 15.8. The smallest absolute Gasteiger partial charge is 0.257 e. The fraction of sp³-hybridized carbons (Fsp3) is 0.160. The molecule has 0 atom stereocenters. The molecule has 1 aromatic heterocycles. The van der Waals surface area contributed by atoms with Crippen molar-refractivity contribution in [2.75, 3.05) is 12.4 Å². The van der Waals surface area contributed by atoms with E-state index in [1.54, 1.807) is 12.1 Å². The molecule has 4 rings (SSSR count). The third kappa shape index (κ3) is 5.32. The van der Waals surface area contributed by atoms with E-state index >= 15 is 0 Å². The number of aromatic nitrogens is 1. The van der Waals surface area contributed by atoms with Crippen LogP contribution < -0.4 is 15.4 Å². The van der Waals surface area contributed by atoms with E-state index < -0.39 is 0 Å². The van der Waals surface area contributed by atoms with Gasteiger partial charge in [0.15, 0.2) is 16.6 Å². The predicted molar refractivity (Wildman–Crippen MR) is 134 cm³/mol. The number of benzene rings is 3. The van der Waals surface area contributed by atoms with E-state index in [2.05, 4.69) is 29.5 Å². The molecule has 168 valence electrons. The predicted octanol–water partition coefficient (Wildman–Crippen LogP) is 5.82. The summed E-state index contributed by atoms with van der Waals surface area (Å²) in [6, 6.07) is 16.5. The van der Waals surface area contributed by atoms with Crippen molar-refractivity contribution in [2.24, 2.45) is 0 Å². The Morgan fingerprint density at radius 1 is 1.09 bits per heavy atom. The normalized spacial score (nSPS) is 10.8. The highest BCUT2D eigenvalue weighted by Gasteiger charge is 2.12. The molecule has 0 bridgehead atoms. The molecule has 0 saturated heterocycles. The number of amides is 1. The summed E-state index contributed by atoms with van der Waals surface area (Å²) in [4.78, 5) is 17.0. The number of oxazole rings is 1. The van der Waals surface area contributed by atoms with Crippen molar-refractivity contribution in [2.45, 2.75) is 20.3 Å². The maximum Gasteiger partial charge on any atom is 0.257 e. The Balaban J connectivity index is 1.36. The first-order valence-electron chi connectivity index (χ1n) is 10.2. The molecule has 1 heterocycles. The number of hydrogen-bond donors (Lipinski definition) is 2. The number of nitrogens with zero attached hydrogens (tertiary/aromatic N) is 1. The van der Waals surface area contributed by atoms with E-state index in [4.69, 9.17) is 33.0 Å². The van der Waals surface area contributed by atoms with Gasteiger partial charge in [0, 0.05) is 17.7 Å². The van der Waals surface area contributed by atoms with Crippen LogP contribution in [0.1, 0.15) is 32.9 Å². The quantitative estimate of drug-likeness (QED) is 0.351. The van der Waals surface area contributed by atoms with Gasteiger partial charge in [0.1, 0.15) is 11.3 Å². The third-order valence-electron chi connectivity index (χ3n) is 5.26. The minimum atomic E-state index is -0.366. The van der Waals surface area contributed by atoms with Gasteiger partial charge < -0.3 is 14.5 Å². The van der Waals surface area contributed by atoms with Crippen LogP contribution in [0.15, 0.2) is 59.0 Å². The molecule has 4 aromatic rings.